The maximum atomic E-state index is 13.8. The number of ether oxygens (including phenoxy) is 1. The molecule has 0 aliphatic carbocycles. The van der Waals surface area contributed by atoms with Crippen molar-refractivity contribution < 1.29 is 18.3 Å². The minimum atomic E-state index is -0.363. The Kier molecular flexibility index (Phi) is 5.83. The van der Waals surface area contributed by atoms with E-state index < -0.39 is 0 Å². The van der Waals surface area contributed by atoms with Crippen molar-refractivity contribution in [3.63, 3.8) is 0 Å². The standard InChI is InChI=1S/C20H22F2N2O2/c1-26-19-7-4-16(12-18(19)22)14-23-8-10-24(11-9-23)20(25)13-15-2-5-17(21)6-3-15/h2-7,12H,8-11,13-14H2,1H3. The van der Waals surface area contributed by atoms with Gasteiger partial charge >= 0.3 is 0 Å². The van der Waals surface area contributed by atoms with E-state index in [0.29, 0.717) is 19.6 Å². The zero-order valence-corrected chi connectivity index (χ0v) is 14.8. The summed E-state index contributed by atoms with van der Waals surface area (Å²) in [4.78, 5) is 16.4. The number of nitrogens with zero attached hydrogens (tertiary/aromatic N) is 2. The number of carbonyl (C=O) groups excluding carboxylic acids is 1. The van der Waals surface area contributed by atoms with Gasteiger partial charge < -0.3 is 9.64 Å². The molecule has 2 aromatic rings. The van der Waals surface area contributed by atoms with Crippen LogP contribution in [0.4, 0.5) is 8.78 Å². The molecular weight excluding hydrogens is 338 g/mol. The molecule has 0 N–H and O–H groups in total. The van der Waals surface area contributed by atoms with Crippen molar-refractivity contribution >= 4 is 5.91 Å². The first kappa shape index (κ1) is 18.3. The van der Waals surface area contributed by atoms with Gasteiger partial charge in [-0.25, -0.2) is 8.78 Å². The molecule has 0 aromatic heterocycles. The molecule has 0 atom stereocenters. The molecule has 0 bridgehead atoms. The van der Waals surface area contributed by atoms with Crippen LogP contribution in [0, 0.1) is 11.6 Å². The highest BCUT2D eigenvalue weighted by atomic mass is 19.1. The Morgan fingerprint density at radius 1 is 1.00 bits per heavy atom. The molecule has 1 amide bonds. The predicted octanol–water partition coefficient (Wildman–Crippen LogP) is 2.86. The maximum Gasteiger partial charge on any atom is 0.227 e. The van der Waals surface area contributed by atoms with Crippen molar-refractivity contribution in [2.75, 3.05) is 33.3 Å². The molecule has 0 spiro atoms. The smallest absolute Gasteiger partial charge is 0.227 e. The average molecular weight is 360 g/mol. The van der Waals surface area contributed by atoms with Crippen molar-refractivity contribution in [3.05, 3.63) is 65.2 Å². The Hall–Kier alpha value is -2.47. The molecular formula is C20H22F2N2O2. The van der Waals surface area contributed by atoms with Gasteiger partial charge in [0.25, 0.3) is 0 Å². The zero-order chi connectivity index (χ0) is 18.5. The molecule has 4 nitrogen and oxygen atoms in total. The minimum Gasteiger partial charge on any atom is -0.494 e. The van der Waals surface area contributed by atoms with Gasteiger partial charge in [0.15, 0.2) is 11.6 Å². The molecule has 3 rings (SSSR count). The van der Waals surface area contributed by atoms with Crippen LogP contribution in [0.25, 0.3) is 0 Å². The summed E-state index contributed by atoms with van der Waals surface area (Å²) in [5.41, 5.74) is 1.70. The van der Waals surface area contributed by atoms with E-state index in [9.17, 15) is 13.6 Å². The molecule has 1 fully saturated rings. The van der Waals surface area contributed by atoms with E-state index >= 15 is 0 Å². The second kappa shape index (κ2) is 8.27. The summed E-state index contributed by atoms with van der Waals surface area (Å²) in [5, 5.41) is 0. The molecule has 1 saturated heterocycles. The number of halogens is 2. The predicted molar refractivity (Wildman–Crippen MR) is 94.9 cm³/mol. The fourth-order valence-electron chi connectivity index (χ4n) is 3.11. The molecule has 0 unspecified atom stereocenters. The average Bonchev–Trinajstić information content (AvgIpc) is 2.64. The van der Waals surface area contributed by atoms with Crippen molar-refractivity contribution in [1.29, 1.82) is 0 Å². The van der Waals surface area contributed by atoms with Gasteiger partial charge in [-0.2, -0.15) is 0 Å². The van der Waals surface area contributed by atoms with Crippen LogP contribution in [0.2, 0.25) is 0 Å². The SMILES string of the molecule is COc1ccc(CN2CCN(C(=O)Cc3ccc(F)cc3)CC2)cc1F. The second-order valence-corrected chi connectivity index (χ2v) is 6.43. The first-order chi connectivity index (χ1) is 12.5. The highest BCUT2D eigenvalue weighted by Gasteiger charge is 2.21. The van der Waals surface area contributed by atoms with E-state index in [-0.39, 0.29) is 29.7 Å². The highest BCUT2D eigenvalue weighted by Crippen LogP contribution is 2.19. The summed E-state index contributed by atoms with van der Waals surface area (Å²) in [7, 11) is 1.44. The van der Waals surface area contributed by atoms with Gasteiger partial charge in [0.05, 0.1) is 13.5 Å². The van der Waals surface area contributed by atoms with Crippen LogP contribution in [0.1, 0.15) is 11.1 Å². The van der Waals surface area contributed by atoms with Crippen LogP contribution in [-0.2, 0) is 17.8 Å². The first-order valence-corrected chi connectivity index (χ1v) is 8.62. The van der Waals surface area contributed by atoms with Crippen molar-refractivity contribution in [1.82, 2.24) is 9.80 Å². The quantitative estimate of drug-likeness (QED) is 0.822. The van der Waals surface area contributed by atoms with Crippen molar-refractivity contribution in [2.24, 2.45) is 0 Å². The van der Waals surface area contributed by atoms with Gasteiger partial charge in [0, 0.05) is 32.7 Å². The van der Waals surface area contributed by atoms with Gasteiger partial charge in [-0.3, -0.25) is 9.69 Å². The van der Waals surface area contributed by atoms with Gasteiger partial charge in [-0.1, -0.05) is 18.2 Å². The Balaban J connectivity index is 1.50. The third-order valence-electron chi connectivity index (χ3n) is 4.62. The highest BCUT2D eigenvalue weighted by molar-refractivity contribution is 5.78. The lowest BCUT2D eigenvalue weighted by Crippen LogP contribution is -2.48. The van der Waals surface area contributed by atoms with Crippen molar-refractivity contribution in [2.45, 2.75) is 13.0 Å². The van der Waals surface area contributed by atoms with Gasteiger partial charge in [-0.05, 0) is 35.4 Å². The van der Waals surface area contributed by atoms with E-state index in [0.717, 1.165) is 24.2 Å². The van der Waals surface area contributed by atoms with Crippen molar-refractivity contribution in [3.8, 4) is 5.75 Å². The topological polar surface area (TPSA) is 32.8 Å². The van der Waals surface area contributed by atoms with Crippen LogP contribution in [0.3, 0.4) is 0 Å². The van der Waals surface area contributed by atoms with E-state index in [2.05, 4.69) is 4.90 Å². The largest absolute Gasteiger partial charge is 0.494 e. The van der Waals surface area contributed by atoms with E-state index in [1.54, 1.807) is 18.2 Å². The fraction of sp³-hybridized carbons (Fsp3) is 0.350. The molecule has 0 radical (unpaired) electrons. The van der Waals surface area contributed by atoms with Gasteiger partial charge in [0.2, 0.25) is 5.91 Å². The maximum absolute atomic E-state index is 13.8. The summed E-state index contributed by atoms with van der Waals surface area (Å²) in [5.74, 6) is -0.375. The second-order valence-electron chi connectivity index (χ2n) is 6.43. The Morgan fingerprint density at radius 3 is 2.27 bits per heavy atom. The summed E-state index contributed by atoms with van der Waals surface area (Å²) in [6.07, 6.45) is 0.282. The number of benzene rings is 2. The Bertz CT molecular complexity index is 757. The number of hydrogen-bond donors (Lipinski definition) is 0. The van der Waals surface area contributed by atoms with E-state index in [1.165, 1.54) is 25.3 Å². The molecule has 26 heavy (non-hydrogen) atoms. The van der Waals surface area contributed by atoms with Gasteiger partial charge in [-0.15, -0.1) is 0 Å². The number of piperazine rings is 1. The van der Waals surface area contributed by atoms with Crippen LogP contribution in [0.15, 0.2) is 42.5 Å². The number of rotatable bonds is 5. The minimum absolute atomic E-state index is 0.0479. The number of amides is 1. The monoisotopic (exact) mass is 360 g/mol. The molecule has 1 aliphatic heterocycles. The number of carbonyl (C=O) groups is 1. The lowest BCUT2D eigenvalue weighted by molar-refractivity contribution is -0.132. The van der Waals surface area contributed by atoms with Gasteiger partial charge in [0.1, 0.15) is 5.82 Å². The van der Waals surface area contributed by atoms with Crippen LogP contribution in [-0.4, -0.2) is 49.0 Å². The fourth-order valence-corrected chi connectivity index (χ4v) is 3.11. The summed E-state index contributed by atoms with van der Waals surface area (Å²) in [6.45, 7) is 3.39. The van der Waals surface area contributed by atoms with Crippen LogP contribution >= 0.6 is 0 Å². The summed E-state index contributed by atoms with van der Waals surface area (Å²) < 4.78 is 31.7. The third kappa shape index (κ3) is 4.58. The normalized spacial score (nSPS) is 15.1. The van der Waals surface area contributed by atoms with Crippen LogP contribution < -0.4 is 4.74 Å². The number of methoxy groups -OCH3 is 1. The summed E-state index contributed by atoms with van der Waals surface area (Å²) >= 11 is 0. The molecule has 138 valence electrons. The zero-order valence-electron chi connectivity index (χ0n) is 14.8. The molecule has 0 saturated carbocycles. The summed E-state index contributed by atoms with van der Waals surface area (Å²) in [6, 6.07) is 11.0. The molecule has 6 heteroatoms. The van der Waals surface area contributed by atoms with E-state index in [1.807, 2.05) is 11.0 Å². The van der Waals surface area contributed by atoms with Crippen LogP contribution in [0.5, 0.6) is 5.75 Å². The lowest BCUT2D eigenvalue weighted by Gasteiger charge is -2.35. The first-order valence-electron chi connectivity index (χ1n) is 8.62. The number of hydrogen-bond acceptors (Lipinski definition) is 3. The Labute approximate surface area is 152 Å². The lowest BCUT2D eigenvalue weighted by atomic mass is 10.1. The third-order valence-corrected chi connectivity index (χ3v) is 4.62. The van der Waals surface area contributed by atoms with E-state index in [4.69, 9.17) is 4.74 Å². The Morgan fingerprint density at radius 2 is 1.65 bits per heavy atom. The molecule has 1 aliphatic rings. The molecule has 1 heterocycles. The molecule has 2 aromatic carbocycles.